The van der Waals surface area contributed by atoms with Gasteiger partial charge in [0.15, 0.2) is 0 Å². The van der Waals surface area contributed by atoms with E-state index < -0.39 is 10.0 Å². The molecular formula is C18H24N4O4S2. The lowest BCUT2D eigenvalue weighted by Crippen LogP contribution is -2.47. The Balaban J connectivity index is 1.49. The van der Waals surface area contributed by atoms with Crippen molar-refractivity contribution < 1.29 is 17.7 Å². The van der Waals surface area contributed by atoms with Crippen LogP contribution in [0.3, 0.4) is 0 Å². The normalized spacial score (nSPS) is 21.8. The number of aryl methyl sites for hydroxylation is 1. The highest BCUT2D eigenvalue weighted by Crippen LogP contribution is 2.31. The lowest BCUT2D eigenvalue weighted by atomic mass is 9.97. The van der Waals surface area contributed by atoms with Gasteiger partial charge in [-0.3, -0.25) is 4.79 Å². The summed E-state index contributed by atoms with van der Waals surface area (Å²) in [5, 5.41) is 5.56. The largest absolute Gasteiger partial charge is 0.342 e. The Kier molecular flexibility index (Phi) is 5.52. The first kappa shape index (κ1) is 19.5. The van der Waals surface area contributed by atoms with Gasteiger partial charge in [-0.2, -0.15) is 9.29 Å². The molecule has 2 aliphatic rings. The molecule has 10 heteroatoms. The number of likely N-dealkylation sites (tertiary alicyclic amines) is 1. The van der Waals surface area contributed by atoms with Crippen LogP contribution < -0.4 is 0 Å². The highest BCUT2D eigenvalue weighted by molar-refractivity contribution is 7.91. The van der Waals surface area contributed by atoms with Crippen LogP contribution in [0.25, 0.3) is 11.4 Å². The van der Waals surface area contributed by atoms with Gasteiger partial charge in [-0.25, -0.2) is 8.42 Å². The van der Waals surface area contributed by atoms with E-state index in [4.69, 9.17) is 4.52 Å². The van der Waals surface area contributed by atoms with Crippen molar-refractivity contribution in [1.82, 2.24) is 19.3 Å². The molecule has 0 radical (unpaired) electrons. The Morgan fingerprint density at radius 1 is 1.21 bits per heavy atom. The van der Waals surface area contributed by atoms with Crippen molar-refractivity contribution in [2.45, 2.75) is 43.2 Å². The molecule has 8 nitrogen and oxygen atoms in total. The van der Waals surface area contributed by atoms with E-state index in [-0.39, 0.29) is 22.6 Å². The van der Waals surface area contributed by atoms with E-state index in [1.807, 2.05) is 4.90 Å². The number of hydrogen-bond acceptors (Lipinski definition) is 7. The number of carbonyl (C=O) groups is 1. The van der Waals surface area contributed by atoms with Crippen LogP contribution in [-0.4, -0.2) is 59.8 Å². The molecule has 2 aromatic heterocycles. The number of nitrogens with zero attached hydrogens (tertiary/aromatic N) is 4. The fourth-order valence-corrected chi connectivity index (χ4v) is 6.68. The zero-order valence-electron chi connectivity index (χ0n) is 15.8. The van der Waals surface area contributed by atoms with Crippen molar-refractivity contribution in [3.05, 3.63) is 17.3 Å². The van der Waals surface area contributed by atoms with Crippen LogP contribution in [0, 0.1) is 12.8 Å². The minimum Gasteiger partial charge on any atom is -0.342 e. The number of thiophene rings is 1. The Hall–Kier alpha value is -1.78. The van der Waals surface area contributed by atoms with Gasteiger partial charge in [0.05, 0.1) is 5.92 Å². The second kappa shape index (κ2) is 7.92. The number of sulfonamides is 1. The molecule has 2 saturated heterocycles. The number of hydrogen-bond donors (Lipinski definition) is 0. The van der Waals surface area contributed by atoms with Gasteiger partial charge in [0.25, 0.3) is 10.0 Å². The Morgan fingerprint density at radius 3 is 2.71 bits per heavy atom. The molecule has 0 aliphatic carbocycles. The average molecular weight is 425 g/mol. The van der Waals surface area contributed by atoms with E-state index in [9.17, 15) is 13.2 Å². The molecule has 4 rings (SSSR count). The topological polar surface area (TPSA) is 96.6 Å². The van der Waals surface area contributed by atoms with Crippen molar-refractivity contribution in [3.8, 4) is 11.4 Å². The zero-order valence-corrected chi connectivity index (χ0v) is 17.5. The molecule has 28 heavy (non-hydrogen) atoms. The summed E-state index contributed by atoms with van der Waals surface area (Å²) in [5.74, 6) is 0.669. The molecule has 0 N–H and O–H groups in total. The highest BCUT2D eigenvalue weighted by Gasteiger charge is 2.36. The van der Waals surface area contributed by atoms with Crippen LogP contribution >= 0.6 is 11.3 Å². The predicted molar refractivity (Wildman–Crippen MR) is 104 cm³/mol. The first-order valence-electron chi connectivity index (χ1n) is 9.63. The third-order valence-corrected chi connectivity index (χ3v) is 8.64. The Morgan fingerprint density at radius 2 is 2.00 bits per heavy atom. The minimum atomic E-state index is -3.64. The fraction of sp³-hybridized carbons (Fsp3) is 0.611. The van der Waals surface area contributed by atoms with Crippen molar-refractivity contribution >= 4 is 27.3 Å². The molecular weight excluding hydrogens is 400 g/mol. The summed E-state index contributed by atoms with van der Waals surface area (Å²) in [4.78, 5) is 18.9. The highest BCUT2D eigenvalue weighted by atomic mass is 32.2. The van der Waals surface area contributed by atoms with Gasteiger partial charge in [0, 0.05) is 44.0 Å². The third kappa shape index (κ3) is 3.85. The molecule has 4 heterocycles. The summed E-state index contributed by atoms with van der Waals surface area (Å²) in [6.07, 6.45) is 4.68. The van der Waals surface area contributed by atoms with Gasteiger partial charge in [-0.05, 0) is 38.2 Å². The standard InChI is InChI=1S/C18H24N4O4S2/c1-13-19-17(20-26-13)15-10-16(27-12-15)28(24,25)22-9-5-6-14(11-22)18(23)21-7-3-2-4-8-21/h10,12,14H,2-9,11H2,1H3/t14-/m1/s1. The minimum absolute atomic E-state index is 0.105. The number of amides is 1. The van der Waals surface area contributed by atoms with E-state index in [1.54, 1.807) is 18.4 Å². The van der Waals surface area contributed by atoms with Gasteiger partial charge >= 0.3 is 0 Å². The van der Waals surface area contributed by atoms with Crippen molar-refractivity contribution in [3.63, 3.8) is 0 Å². The van der Waals surface area contributed by atoms with Crippen LogP contribution in [-0.2, 0) is 14.8 Å². The molecule has 0 saturated carbocycles. The summed E-state index contributed by atoms with van der Waals surface area (Å²) < 4.78 is 32.9. The van der Waals surface area contributed by atoms with E-state index in [0.29, 0.717) is 30.2 Å². The third-order valence-electron chi connectivity index (χ3n) is 5.36. The summed E-state index contributed by atoms with van der Waals surface area (Å²) in [7, 11) is -3.64. The number of carbonyl (C=O) groups excluding carboxylic acids is 1. The lowest BCUT2D eigenvalue weighted by molar-refractivity contribution is -0.137. The molecule has 0 spiro atoms. The Bertz CT molecular complexity index is 946. The molecule has 2 aliphatic heterocycles. The first-order chi connectivity index (χ1) is 13.4. The van der Waals surface area contributed by atoms with Crippen molar-refractivity contribution in [1.29, 1.82) is 0 Å². The van der Waals surface area contributed by atoms with Crippen LogP contribution in [0.5, 0.6) is 0 Å². The molecule has 0 aromatic carbocycles. The maximum atomic E-state index is 13.1. The molecule has 152 valence electrons. The molecule has 2 fully saturated rings. The van der Waals surface area contributed by atoms with E-state index in [1.165, 1.54) is 4.31 Å². The maximum Gasteiger partial charge on any atom is 0.252 e. The second-order valence-electron chi connectivity index (χ2n) is 7.38. The van der Waals surface area contributed by atoms with Crippen molar-refractivity contribution in [2.24, 2.45) is 5.92 Å². The van der Waals surface area contributed by atoms with Gasteiger partial charge in [-0.15, -0.1) is 11.3 Å². The lowest BCUT2D eigenvalue weighted by Gasteiger charge is -2.35. The molecule has 0 unspecified atom stereocenters. The summed E-state index contributed by atoms with van der Waals surface area (Å²) in [5.41, 5.74) is 0.623. The summed E-state index contributed by atoms with van der Waals surface area (Å²) >= 11 is 1.15. The summed E-state index contributed by atoms with van der Waals surface area (Å²) in [6.45, 7) is 3.97. The van der Waals surface area contributed by atoms with Crippen LogP contribution in [0.1, 0.15) is 38.0 Å². The number of aromatic nitrogens is 2. The van der Waals surface area contributed by atoms with Gasteiger partial charge < -0.3 is 9.42 Å². The Labute approximate surface area is 168 Å². The zero-order chi connectivity index (χ0) is 19.7. The number of rotatable bonds is 4. The number of piperidine rings is 2. The van der Waals surface area contributed by atoms with E-state index in [0.717, 1.165) is 50.1 Å². The fourth-order valence-electron chi connectivity index (χ4n) is 3.85. The molecule has 0 bridgehead atoms. The van der Waals surface area contributed by atoms with Crippen LogP contribution in [0.4, 0.5) is 0 Å². The first-order valence-corrected chi connectivity index (χ1v) is 12.0. The second-order valence-corrected chi connectivity index (χ2v) is 10.5. The van der Waals surface area contributed by atoms with E-state index in [2.05, 4.69) is 10.1 Å². The predicted octanol–water partition coefficient (Wildman–Crippen LogP) is 2.52. The smallest absolute Gasteiger partial charge is 0.252 e. The van der Waals surface area contributed by atoms with Crippen LogP contribution in [0.2, 0.25) is 0 Å². The van der Waals surface area contributed by atoms with E-state index >= 15 is 0 Å². The summed E-state index contributed by atoms with van der Waals surface area (Å²) in [6, 6.07) is 1.58. The van der Waals surface area contributed by atoms with Crippen molar-refractivity contribution in [2.75, 3.05) is 26.2 Å². The molecule has 1 atom stereocenters. The average Bonchev–Trinajstić information content (AvgIpc) is 3.37. The van der Waals surface area contributed by atoms with Gasteiger partial charge in [-0.1, -0.05) is 5.16 Å². The molecule has 2 aromatic rings. The van der Waals surface area contributed by atoms with Crippen LogP contribution in [0.15, 0.2) is 20.2 Å². The maximum absolute atomic E-state index is 13.1. The van der Waals surface area contributed by atoms with Gasteiger partial charge in [0.1, 0.15) is 4.21 Å². The SMILES string of the molecule is Cc1nc(-c2csc(S(=O)(=O)N3CCC[C@@H](C(=O)N4CCCCC4)C3)c2)no1. The molecule has 1 amide bonds. The van der Waals surface area contributed by atoms with Gasteiger partial charge in [0.2, 0.25) is 17.6 Å². The quantitative estimate of drug-likeness (QED) is 0.748. The monoisotopic (exact) mass is 424 g/mol.